The van der Waals surface area contributed by atoms with Crippen LogP contribution in [0.1, 0.15) is 124 Å². The number of furan rings is 1. The number of fused-ring (bicyclic) bond motifs is 6. The van der Waals surface area contributed by atoms with E-state index in [2.05, 4.69) is 155 Å². The van der Waals surface area contributed by atoms with Crippen LogP contribution in [-0.4, -0.2) is 9.97 Å². The zero-order chi connectivity index (χ0) is 43.8. The van der Waals surface area contributed by atoms with Crippen molar-refractivity contribution in [1.29, 1.82) is 0 Å². The third kappa shape index (κ3) is 9.93. The van der Waals surface area contributed by atoms with E-state index < -0.39 is 0 Å². The molecular weight excluding hydrogens is 797 g/mol. The Morgan fingerprint density at radius 1 is 0.484 bits per heavy atom. The van der Waals surface area contributed by atoms with E-state index in [1.54, 1.807) is 0 Å². The molecule has 0 aliphatic rings. The van der Waals surface area contributed by atoms with E-state index in [9.17, 15) is 0 Å². The van der Waals surface area contributed by atoms with E-state index in [4.69, 9.17) is 14.4 Å². The van der Waals surface area contributed by atoms with E-state index in [0.717, 1.165) is 68.7 Å². The van der Waals surface area contributed by atoms with Crippen molar-refractivity contribution in [2.45, 2.75) is 118 Å². The minimum absolute atomic E-state index is 0.760. The number of nitrogens with zero attached hydrogens (tertiary/aromatic N) is 2. The van der Waals surface area contributed by atoms with Crippen LogP contribution in [0.3, 0.4) is 0 Å². The van der Waals surface area contributed by atoms with Gasteiger partial charge in [-0.05, 0) is 116 Å². The molecule has 64 heavy (non-hydrogen) atoms. The minimum Gasteiger partial charge on any atom is -0.456 e. The van der Waals surface area contributed by atoms with Crippen LogP contribution in [0.5, 0.6) is 0 Å². The second kappa shape index (κ2) is 20.3. The highest BCUT2D eigenvalue weighted by molar-refractivity contribution is 7.25. The van der Waals surface area contributed by atoms with Gasteiger partial charge in [-0.2, -0.15) is 0 Å². The topological polar surface area (TPSA) is 38.9 Å². The lowest BCUT2D eigenvalue weighted by molar-refractivity contribution is 0.605. The zero-order valence-corrected chi connectivity index (χ0v) is 39.1. The Kier molecular flexibility index (Phi) is 13.8. The van der Waals surface area contributed by atoms with Gasteiger partial charge in [-0.25, -0.2) is 9.97 Å². The summed E-state index contributed by atoms with van der Waals surface area (Å²) in [5, 5.41) is 4.77. The molecule has 6 aromatic carbocycles. The highest BCUT2D eigenvalue weighted by Crippen LogP contribution is 2.41. The monoisotopic (exact) mass is 858 g/mol. The number of benzene rings is 6. The van der Waals surface area contributed by atoms with Crippen LogP contribution in [0.25, 0.3) is 88.2 Å². The van der Waals surface area contributed by atoms with E-state index in [1.165, 1.54) is 131 Å². The number of unbranched alkanes of at least 4 members (excludes halogenated alkanes) is 10. The van der Waals surface area contributed by atoms with E-state index >= 15 is 0 Å². The van der Waals surface area contributed by atoms with E-state index in [0.29, 0.717) is 0 Å². The van der Waals surface area contributed by atoms with Crippen LogP contribution in [-0.2, 0) is 12.8 Å². The third-order valence-electron chi connectivity index (χ3n) is 13.1. The molecule has 0 amide bonds. The summed E-state index contributed by atoms with van der Waals surface area (Å²) < 4.78 is 8.78. The maximum absolute atomic E-state index is 6.30. The molecule has 0 saturated carbocycles. The molecule has 0 fully saturated rings. The number of para-hydroxylation sites is 1. The first-order valence-electron chi connectivity index (χ1n) is 24.1. The molecule has 0 aliphatic heterocycles. The van der Waals surface area contributed by atoms with Gasteiger partial charge in [0.1, 0.15) is 11.2 Å². The first-order valence-corrected chi connectivity index (χ1v) is 24.9. The van der Waals surface area contributed by atoms with Crippen molar-refractivity contribution < 1.29 is 4.42 Å². The molecule has 324 valence electrons. The van der Waals surface area contributed by atoms with Crippen molar-refractivity contribution in [3.63, 3.8) is 0 Å². The molecule has 0 spiro atoms. The summed E-state index contributed by atoms with van der Waals surface area (Å²) in [6.45, 7) is 9.05. The van der Waals surface area contributed by atoms with Crippen LogP contribution in [0.2, 0.25) is 0 Å². The van der Waals surface area contributed by atoms with Gasteiger partial charge in [-0.15, -0.1) is 11.3 Å². The fraction of sp³-hybridized carbons (Fsp3) is 0.300. The minimum atomic E-state index is 0.760. The molecular formula is C60H62N2OS. The molecule has 3 aromatic heterocycles. The van der Waals surface area contributed by atoms with Crippen molar-refractivity contribution >= 4 is 65.6 Å². The molecule has 0 aliphatic carbocycles. The van der Waals surface area contributed by atoms with Gasteiger partial charge in [0.15, 0.2) is 5.82 Å². The van der Waals surface area contributed by atoms with Crippen molar-refractivity contribution in [3.8, 4) is 33.9 Å². The summed E-state index contributed by atoms with van der Waals surface area (Å²) in [5.74, 6) is 0.760. The number of thiophene rings is 1. The smallest absolute Gasteiger partial charge is 0.160 e. The lowest BCUT2D eigenvalue weighted by Gasteiger charge is -2.17. The Bertz CT molecular complexity index is 3040. The van der Waals surface area contributed by atoms with Crippen LogP contribution in [0.4, 0.5) is 0 Å². The molecule has 3 nitrogen and oxygen atoms in total. The standard InChI is InChI=1S/C60H62N2OS/c1-5-7-9-11-13-15-19-46-36-50(47(35-42(46)4)20-16-14-12-10-8-6-2)55-39-54(45-31-29-44(30-32-45)28-27-43-25-23-41(3)24-26-43)61-60(62-55)48-33-34-58-52(37-48)53-38-51-49-21-17-18-22-56(49)63-57(51)40-59(53)64-58/h17-18,21-40H,5-16,19-20H2,1-4H3/b28-27+. The van der Waals surface area contributed by atoms with Gasteiger partial charge in [0.25, 0.3) is 0 Å². The second-order valence-electron chi connectivity index (χ2n) is 18.1. The van der Waals surface area contributed by atoms with Crippen LogP contribution in [0, 0.1) is 13.8 Å². The average Bonchev–Trinajstić information content (AvgIpc) is 3.87. The highest BCUT2D eigenvalue weighted by atomic mass is 32.1. The van der Waals surface area contributed by atoms with Gasteiger partial charge in [-0.1, -0.05) is 169 Å². The normalized spacial score (nSPS) is 11.9. The first kappa shape index (κ1) is 43.4. The Morgan fingerprint density at radius 3 is 1.84 bits per heavy atom. The number of rotatable bonds is 19. The van der Waals surface area contributed by atoms with Crippen LogP contribution < -0.4 is 0 Å². The number of aromatic nitrogens is 2. The number of aryl methyl sites for hydroxylation is 4. The predicted octanol–water partition coefficient (Wildman–Crippen LogP) is 18.3. The molecule has 0 N–H and O–H groups in total. The largest absolute Gasteiger partial charge is 0.456 e. The lowest BCUT2D eigenvalue weighted by Crippen LogP contribution is -2.01. The molecule has 9 rings (SSSR count). The summed E-state index contributed by atoms with van der Waals surface area (Å²) in [5.41, 5.74) is 15.1. The Morgan fingerprint density at radius 2 is 1.11 bits per heavy atom. The van der Waals surface area contributed by atoms with E-state index in [1.807, 2.05) is 17.4 Å². The maximum Gasteiger partial charge on any atom is 0.160 e. The average molecular weight is 859 g/mol. The number of hydrogen-bond donors (Lipinski definition) is 0. The van der Waals surface area contributed by atoms with Crippen molar-refractivity contribution in [2.24, 2.45) is 0 Å². The SMILES string of the molecule is CCCCCCCCc1cc(-c2cc(-c3ccc(/C=C/c4ccc(C)cc4)cc3)nc(-c3ccc4sc5cc6oc7ccccc7c6cc5c4c3)n2)c(CCCCCCCC)cc1C. The quantitative estimate of drug-likeness (QED) is 0.0601. The van der Waals surface area contributed by atoms with Crippen LogP contribution >= 0.6 is 11.3 Å². The van der Waals surface area contributed by atoms with Gasteiger partial charge in [0, 0.05) is 47.6 Å². The molecule has 3 heterocycles. The summed E-state index contributed by atoms with van der Waals surface area (Å²) >= 11 is 1.82. The van der Waals surface area contributed by atoms with Gasteiger partial charge in [0.2, 0.25) is 0 Å². The fourth-order valence-corrected chi connectivity index (χ4v) is 10.4. The Balaban J connectivity index is 1.13. The van der Waals surface area contributed by atoms with Crippen molar-refractivity contribution in [2.75, 3.05) is 0 Å². The molecule has 0 radical (unpaired) electrons. The molecule has 0 bridgehead atoms. The first-order chi connectivity index (χ1) is 31.4. The summed E-state index contributed by atoms with van der Waals surface area (Å²) in [6, 6.07) is 44.5. The van der Waals surface area contributed by atoms with E-state index in [-0.39, 0.29) is 0 Å². The predicted molar refractivity (Wildman–Crippen MR) is 278 cm³/mol. The molecule has 4 heteroatoms. The van der Waals surface area contributed by atoms with Crippen molar-refractivity contribution in [3.05, 3.63) is 155 Å². The van der Waals surface area contributed by atoms with Crippen molar-refractivity contribution in [1.82, 2.24) is 9.97 Å². The van der Waals surface area contributed by atoms with Gasteiger partial charge in [-0.3, -0.25) is 0 Å². The molecule has 9 aromatic rings. The Labute approximate surface area is 384 Å². The van der Waals surface area contributed by atoms with Gasteiger partial charge >= 0.3 is 0 Å². The van der Waals surface area contributed by atoms with Gasteiger partial charge in [0.05, 0.1) is 11.4 Å². The summed E-state index contributed by atoms with van der Waals surface area (Å²) in [4.78, 5) is 10.9. The molecule has 0 atom stereocenters. The Hall–Kier alpha value is -5.84. The molecule has 0 unspecified atom stereocenters. The molecule has 0 saturated heterocycles. The zero-order valence-electron chi connectivity index (χ0n) is 38.3. The van der Waals surface area contributed by atoms with Gasteiger partial charge < -0.3 is 4.42 Å². The fourth-order valence-electron chi connectivity index (χ4n) is 9.35. The maximum atomic E-state index is 6.30. The summed E-state index contributed by atoms with van der Waals surface area (Å²) in [7, 11) is 0. The lowest BCUT2D eigenvalue weighted by atomic mass is 9.91. The summed E-state index contributed by atoms with van der Waals surface area (Å²) in [6.07, 6.45) is 22.0. The second-order valence-corrected chi connectivity index (χ2v) is 19.1. The third-order valence-corrected chi connectivity index (χ3v) is 14.3. The van der Waals surface area contributed by atoms with Crippen LogP contribution in [0.15, 0.2) is 126 Å². The highest BCUT2D eigenvalue weighted by Gasteiger charge is 2.18. The number of hydrogen-bond acceptors (Lipinski definition) is 4.